The standard InChI is InChI=1S/C9H10N6O/c1-5-2-7(13-4-12-5)15-3-6(10)8(14-15)9(11)16/h2-4H,10H2,1H3,(H2,11,16). The third-order valence-corrected chi connectivity index (χ3v) is 2.00. The number of aryl methyl sites for hydroxylation is 1. The Hall–Kier alpha value is -2.44. The number of hydrogen-bond donors (Lipinski definition) is 2. The number of rotatable bonds is 2. The van der Waals surface area contributed by atoms with E-state index in [1.165, 1.54) is 17.2 Å². The highest BCUT2D eigenvalue weighted by Crippen LogP contribution is 2.12. The zero-order chi connectivity index (χ0) is 11.7. The molecule has 1 amide bonds. The van der Waals surface area contributed by atoms with Crippen LogP contribution in [0.15, 0.2) is 18.6 Å². The fourth-order valence-corrected chi connectivity index (χ4v) is 1.26. The van der Waals surface area contributed by atoms with Crippen LogP contribution in [0.5, 0.6) is 0 Å². The van der Waals surface area contributed by atoms with Crippen LogP contribution >= 0.6 is 0 Å². The molecule has 0 atom stereocenters. The number of carbonyl (C=O) groups is 1. The highest BCUT2D eigenvalue weighted by molar-refractivity contribution is 5.95. The molecule has 0 aliphatic heterocycles. The van der Waals surface area contributed by atoms with E-state index < -0.39 is 5.91 Å². The number of hydrogen-bond acceptors (Lipinski definition) is 5. The second kappa shape index (κ2) is 3.61. The molecule has 0 aliphatic carbocycles. The van der Waals surface area contributed by atoms with Gasteiger partial charge in [0.05, 0.1) is 11.9 Å². The molecule has 2 aromatic rings. The molecule has 2 heterocycles. The maximum Gasteiger partial charge on any atom is 0.271 e. The molecule has 16 heavy (non-hydrogen) atoms. The van der Waals surface area contributed by atoms with E-state index in [0.29, 0.717) is 5.82 Å². The van der Waals surface area contributed by atoms with E-state index in [1.807, 2.05) is 6.92 Å². The summed E-state index contributed by atoms with van der Waals surface area (Å²) in [6.07, 6.45) is 2.90. The number of anilines is 1. The van der Waals surface area contributed by atoms with Gasteiger partial charge in [0.1, 0.15) is 6.33 Å². The van der Waals surface area contributed by atoms with Gasteiger partial charge in [-0.3, -0.25) is 4.79 Å². The molecule has 0 bridgehead atoms. The molecule has 7 nitrogen and oxygen atoms in total. The van der Waals surface area contributed by atoms with Crippen molar-refractivity contribution in [3.8, 4) is 5.82 Å². The van der Waals surface area contributed by atoms with E-state index in [1.54, 1.807) is 6.07 Å². The van der Waals surface area contributed by atoms with Crippen molar-refractivity contribution in [1.82, 2.24) is 19.7 Å². The number of primary amides is 1. The van der Waals surface area contributed by atoms with Crippen LogP contribution in [0.25, 0.3) is 5.82 Å². The molecular weight excluding hydrogens is 208 g/mol. The van der Waals surface area contributed by atoms with Gasteiger partial charge in [0.15, 0.2) is 11.5 Å². The van der Waals surface area contributed by atoms with Crippen LogP contribution in [0.1, 0.15) is 16.2 Å². The van der Waals surface area contributed by atoms with Crippen LogP contribution in [0.3, 0.4) is 0 Å². The SMILES string of the molecule is Cc1cc(-n2cc(N)c(C(N)=O)n2)ncn1. The Bertz CT molecular complexity index is 547. The Labute approximate surface area is 91.1 Å². The van der Waals surface area contributed by atoms with Gasteiger partial charge in [0, 0.05) is 11.8 Å². The highest BCUT2D eigenvalue weighted by Gasteiger charge is 2.12. The zero-order valence-electron chi connectivity index (χ0n) is 8.58. The first kappa shape index (κ1) is 10.1. The number of nitrogens with zero attached hydrogens (tertiary/aromatic N) is 4. The van der Waals surface area contributed by atoms with Gasteiger partial charge in [-0.1, -0.05) is 0 Å². The Balaban J connectivity index is 2.49. The summed E-state index contributed by atoms with van der Waals surface area (Å²) in [6.45, 7) is 1.83. The second-order valence-electron chi connectivity index (χ2n) is 3.26. The van der Waals surface area contributed by atoms with Gasteiger partial charge in [-0.2, -0.15) is 5.10 Å². The van der Waals surface area contributed by atoms with Gasteiger partial charge in [0.2, 0.25) is 0 Å². The molecule has 0 aromatic carbocycles. The first-order valence-corrected chi connectivity index (χ1v) is 4.52. The highest BCUT2D eigenvalue weighted by atomic mass is 16.1. The predicted molar refractivity (Wildman–Crippen MR) is 56.8 cm³/mol. The fraction of sp³-hybridized carbons (Fsp3) is 0.111. The molecule has 2 aromatic heterocycles. The van der Waals surface area contributed by atoms with Gasteiger partial charge in [-0.05, 0) is 6.92 Å². The number of nitrogen functional groups attached to an aromatic ring is 1. The van der Waals surface area contributed by atoms with Crippen molar-refractivity contribution in [3.05, 3.63) is 30.0 Å². The Morgan fingerprint density at radius 2 is 2.19 bits per heavy atom. The molecule has 7 heteroatoms. The van der Waals surface area contributed by atoms with Crippen molar-refractivity contribution in [2.75, 3.05) is 5.73 Å². The summed E-state index contributed by atoms with van der Waals surface area (Å²) in [5.74, 6) is -0.131. The minimum Gasteiger partial charge on any atom is -0.396 e. The third-order valence-electron chi connectivity index (χ3n) is 2.00. The fourth-order valence-electron chi connectivity index (χ4n) is 1.26. The second-order valence-corrected chi connectivity index (χ2v) is 3.26. The summed E-state index contributed by atoms with van der Waals surface area (Å²) < 4.78 is 1.39. The minimum absolute atomic E-state index is 0.0382. The maximum atomic E-state index is 11.0. The van der Waals surface area contributed by atoms with E-state index in [9.17, 15) is 4.79 Å². The van der Waals surface area contributed by atoms with Crippen molar-refractivity contribution in [2.45, 2.75) is 6.92 Å². The third kappa shape index (κ3) is 1.70. The molecule has 0 saturated carbocycles. The first-order chi connectivity index (χ1) is 7.58. The van der Waals surface area contributed by atoms with Gasteiger partial charge in [-0.15, -0.1) is 0 Å². The summed E-state index contributed by atoms with van der Waals surface area (Å²) in [5.41, 5.74) is 11.8. The minimum atomic E-state index is -0.665. The van der Waals surface area contributed by atoms with Crippen LogP contribution in [-0.2, 0) is 0 Å². The maximum absolute atomic E-state index is 11.0. The first-order valence-electron chi connectivity index (χ1n) is 4.52. The molecule has 0 radical (unpaired) electrons. The summed E-state index contributed by atoms with van der Waals surface area (Å²) in [5, 5.41) is 3.95. The summed E-state index contributed by atoms with van der Waals surface area (Å²) in [6, 6.07) is 1.72. The zero-order valence-corrected chi connectivity index (χ0v) is 8.58. The molecular formula is C9H10N6O. The van der Waals surface area contributed by atoms with Crippen molar-refractivity contribution in [1.29, 1.82) is 0 Å². The molecule has 82 valence electrons. The van der Waals surface area contributed by atoms with Crippen molar-refractivity contribution in [3.63, 3.8) is 0 Å². The van der Waals surface area contributed by atoms with Crippen LogP contribution in [-0.4, -0.2) is 25.7 Å². The lowest BCUT2D eigenvalue weighted by molar-refractivity contribution is 0.0996. The van der Waals surface area contributed by atoms with Crippen LogP contribution in [0.4, 0.5) is 5.69 Å². The van der Waals surface area contributed by atoms with E-state index in [4.69, 9.17) is 11.5 Å². The lowest BCUT2D eigenvalue weighted by atomic mass is 10.4. The molecule has 0 unspecified atom stereocenters. The number of amides is 1. The topological polar surface area (TPSA) is 113 Å². The lowest BCUT2D eigenvalue weighted by Gasteiger charge is -1.99. The molecule has 0 spiro atoms. The average molecular weight is 218 g/mol. The lowest BCUT2D eigenvalue weighted by Crippen LogP contribution is -2.14. The number of nitrogens with two attached hydrogens (primary N) is 2. The van der Waals surface area contributed by atoms with Crippen LogP contribution in [0.2, 0.25) is 0 Å². The largest absolute Gasteiger partial charge is 0.396 e. The number of aromatic nitrogens is 4. The van der Waals surface area contributed by atoms with Crippen molar-refractivity contribution < 1.29 is 4.79 Å². The molecule has 0 fully saturated rings. The molecule has 2 rings (SSSR count). The smallest absolute Gasteiger partial charge is 0.271 e. The average Bonchev–Trinajstić information content (AvgIpc) is 2.60. The summed E-state index contributed by atoms with van der Waals surface area (Å²) in [4.78, 5) is 18.9. The predicted octanol–water partition coefficient (Wildman–Crippen LogP) is -0.348. The number of carbonyl (C=O) groups excluding carboxylic acids is 1. The van der Waals surface area contributed by atoms with E-state index in [-0.39, 0.29) is 11.4 Å². The van der Waals surface area contributed by atoms with E-state index in [2.05, 4.69) is 15.1 Å². The van der Waals surface area contributed by atoms with Crippen molar-refractivity contribution in [2.24, 2.45) is 5.73 Å². The van der Waals surface area contributed by atoms with E-state index >= 15 is 0 Å². The normalized spacial score (nSPS) is 10.3. The van der Waals surface area contributed by atoms with Crippen molar-refractivity contribution >= 4 is 11.6 Å². The Morgan fingerprint density at radius 3 is 2.75 bits per heavy atom. The monoisotopic (exact) mass is 218 g/mol. The quantitative estimate of drug-likeness (QED) is 0.715. The molecule has 4 N–H and O–H groups in total. The van der Waals surface area contributed by atoms with Gasteiger partial charge in [-0.25, -0.2) is 14.6 Å². The Kier molecular flexibility index (Phi) is 2.28. The Morgan fingerprint density at radius 1 is 1.44 bits per heavy atom. The van der Waals surface area contributed by atoms with Gasteiger partial charge in [0.25, 0.3) is 5.91 Å². The van der Waals surface area contributed by atoms with Gasteiger partial charge < -0.3 is 11.5 Å². The molecule has 0 saturated heterocycles. The van der Waals surface area contributed by atoms with E-state index in [0.717, 1.165) is 5.69 Å². The van der Waals surface area contributed by atoms with Crippen LogP contribution < -0.4 is 11.5 Å². The van der Waals surface area contributed by atoms with Crippen LogP contribution in [0, 0.1) is 6.92 Å². The van der Waals surface area contributed by atoms with Gasteiger partial charge >= 0.3 is 0 Å². The molecule has 0 aliphatic rings. The summed E-state index contributed by atoms with van der Waals surface area (Å²) in [7, 11) is 0. The summed E-state index contributed by atoms with van der Waals surface area (Å²) >= 11 is 0.